The molecule has 3 rings (SSSR count). The molecule has 0 spiro atoms. The maximum absolute atomic E-state index is 5.28. The summed E-state index contributed by atoms with van der Waals surface area (Å²) >= 11 is 0. The van der Waals surface area contributed by atoms with Gasteiger partial charge in [0.15, 0.2) is 0 Å². The van der Waals surface area contributed by atoms with Crippen LogP contribution >= 0.6 is 0 Å². The molecule has 0 atom stereocenters. The van der Waals surface area contributed by atoms with Crippen LogP contribution in [0.25, 0.3) is 10.8 Å². The largest absolute Gasteiger partial charge is 0.381 e. The Morgan fingerprint density at radius 1 is 1.24 bits per heavy atom. The van der Waals surface area contributed by atoms with Crippen LogP contribution in [-0.2, 0) is 4.74 Å². The molecule has 0 amide bonds. The van der Waals surface area contributed by atoms with E-state index in [1.165, 1.54) is 10.8 Å². The van der Waals surface area contributed by atoms with E-state index in [1.54, 1.807) is 7.11 Å². The van der Waals surface area contributed by atoms with Gasteiger partial charge in [-0.25, -0.2) is 4.98 Å². The van der Waals surface area contributed by atoms with Crippen LogP contribution in [0.4, 0.5) is 5.82 Å². The summed E-state index contributed by atoms with van der Waals surface area (Å²) in [5.41, 5.74) is 0. The molecule has 1 saturated carbocycles. The highest BCUT2D eigenvalue weighted by atomic mass is 16.5. The third-order valence-electron chi connectivity index (χ3n) is 3.44. The van der Waals surface area contributed by atoms with Gasteiger partial charge in [0.05, 0.1) is 6.10 Å². The van der Waals surface area contributed by atoms with Crippen molar-refractivity contribution in [3.05, 3.63) is 36.5 Å². The van der Waals surface area contributed by atoms with E-state index < -0.39 is 0 Å². The number of aromatic nitrogens is 1. The Bertz CT molecular complexity index is 515. The molecule has 2 aromatic rings. The predicted octanol–water partition coefficient (Wildman–Crippen LogP) is 2.82. The summed E-state index contributed by atoms with van der Waals surface area (Å²) < 4.78 is 5.28. The predicted molar refractivity (Wildman–Crippen MR) is 69.2 cm³/mol. The second-order valence-electron chi connectivity index (χ2n) is 4.55. The number of ether oxygens (including phenoxy) is 1. The molecule has 3 heteroatoms. The molecule has 0 saturated heterocycles. The van der Waals surface area contributed by atoms with Crippen molar-refractivity contribution in [2.45, 2.75) is 25.0 Å². The summed E-state index contributed by atoms with van der Waals surface area (Å²) in [6.07, 6.45) is 4.42. The van der Waals surface area contributed by atoms with E-state index in [0.29, 0.717) is 12.1 Å². The van der Waals surface area contributed by atoms with Crippen LogP contribution < -0.4 is 5.32 Å². The molecule has 1 aliphatic rings. The van der Waals surface area contributed by atoms with Gasteiger partial charge in [0.2, 0.25) is 0 Å². The Labute approximate surface area is 101 Å². The highest BCUT2D eigenvalue weighted by molar-refractivity contribution is 5.91. The van der Waals surface area contributed by atoms with Gasteiger partial charge >= 0.3 is 0 Å². The van der Waals surface area contributed by atoms with Gasteiger partial charge in [0.25, 0.3) is 0 Å². The average molecular weight is 228 g/mol. The van der Waals surface area contributed by atoms with Gasteiger partial charge in [-0.05, 0) is 24.3 Å². The summed E-state index contributed by atoms with van der Waals surface area (Å²) in [6.45, 7) is 0. The number of nitrogens with zero attached hydrogens (tertiary/aromatic N) is 1. The lowest BCUT2D eigenvalue weighted by Crippen LogP contribution is -2.40. The first-order valence-corrected chi connectivity index (χ1v) is 6.00. The van der Waals surface area contributed by atoms with Crippen LogP contribution in [0.2, 0.25) is 0 Å². The molecule has 88 valence electrons. The molecule has 3 nitrogen and oxygen atoms in total. The molecule has 1 aromatic heterocycles. The van der Waals surface area contributed by atoms with Gasteiger partial charge in [0, 0.05) is 24.7 Å². The van der Waals surface area contributed by atoms with E-state index in [4.69, 9.17) is 4.74 Å². The minimum Gasteiger partial charge on any atom is -0.381 e. The summed E-state index contributed by atoms with van der Waals surface area (Å²) in [5, 5.41) is 5.91. The van der Waals surface area contributed by atoms with Gasteiger partial charge in [-0.15, -0.1) is 0 Å². The number of benzene rings is 1. The molecular formula is C14H16N2O. The van der Waals surface area contributed by atoms with Crippen molar-refractivity contribution in [3.8, 4) is 0 Å². The molecule has 1 heterocycles. The summed E-state index contributed by atoms with van der Waals surface area (Å²) in [4.78, 5) is 4.43. The Kier molecular flexibility index (Phi) is 2.69. The molecule has 1 fully saturated rings. The van der Waals surface area contributed by atoms with Crippen LogP contribution in [-0.4, -0.2) is 24.2 Å². The second-order valence-corrected chi connectivity index (χ2v) is 4.55. The molecule has 0 bridgehead atoms. The molecule has 1 aliphatic carbocycles. The quantitative estimate of drug-likeness (QED) is 0.877. The number of hydrogen-bond donors (Lipinski definition) is 1. The van der Waals surface area contributed by atoms with Crippen molar-refractivity contribution < 1.29 is 4.74 Å². The number of nitrogens with one attached hydrogen (secondary N) is 1. The van der Waals surface area contributed by atoms with E-state index in [-0.39, 0.29) is 0 Å². The average Bonchev–Trinajstić information content (AvgIpc) is 2.33. The maximum Gasteiger partial charge on any atom is 0.134 e. The summed E-state index contributed by atoms with van der Waals surface area (Å²) in [6, 6.07) is 10.9. The van der Waals surface area contributed by atoms with E-state index in [9.17, 15) is 0 Å². The van der Waals surface area contributed by atoms with Crippen molar-refractivity contribution in [2.75, 3.05) is 12.4 Å². The Morgan fingerprint density at radius 3 is 2.88 bits per heavy atom. The number of fused-ring (bicyclic) bond motifs is 1. The van der Waals surface area contributed by atoms with Gasteiger partial charge in [-0.1, -0.05) is 24.3 Å². The monoisotopic (exact) mass is 228 g/mol. The Balaban J connectivity index is 1.81. The fourth-order valence-corrected chi connectivity index (χ4v) is 2.30. The maximum atomic E-state index is 5.28. The second kappa shape index (κ2) is 4.34. The van der Waals surface area contributed by atoms with Crippen LogP contribution in [0.1, 0.15) is 12.8 Å². The van der Waals surface area contributed by atoms with Crippen molar-refractivity contribution in [1.29, 1.82) is 0 Å². The molecule has 1 aromatic carbocycles. The number of hydrogen-bond acceptors (Lipinski definition) is 3. The molecule has 0 unspecified atom stereocenters. The third-order valence-corrected chi connectivity index (χ3v) is 3.44. The Hall–Kier alpha value is -1.61. The summed E-state index contributed by atoms with van der Waals surface area (Å²) in [7, 11) is 1.77. The number of rotatable bonds is 3. The summed E-state index contributed by atoms with van der Waals surface area (Å²) in [5.74, 6) is 0.989. The van der Waals surface area contributed by atoms with Crippen molar-refractivity contribution in [2.24, 2.45) is 0 Å². The minimum absolute atomic E-state index is 0.419. The zero-order valence-electron chi connectivity index (χ0n) is 9.89. The highest BCUT2D eigenvalue weighted by Gasteiger charge is 2.29. The van der Waals surface area contributed by atoms with E-state index in [2.05, 4.69) is 28.5 Å². The first-order valence-electron chi connectivity index (χ1n) is 6.00. The van der Waals surface area contributed by atoms with Crippen LogP contribution in [0.3, 0.4) is 0 Å². The Morgan fingerprint density at radius 2 is 2.06 bits per heavy atom. The number of anilines is 1. The molecule has 17 heavy (non-hydrogen) atoms. The van der Waals surface area contributed by atoms with Crippen molar-refractivity contribution in [3.63, 3.8) is 0 Å². The third kappa shape index (κ3) is 1.98. The lowest BCUT2D eigenvalue weighted by Gasteiger charge is -2.35. The van der Waals surface area contributed by atoms with Crippen LogP contribution in [0.5, 0.6) is 0 Å². The lowest BCUT2D eigenvalue weighted by molar-refractivity contribution is 0.0328. The SMILES string of the molecule is COC1CC(Nc2nccc3ccccc23)C1. The van der Waals surface area contributed by atoms with Crippen LogP contribution in [0, 0.1) is 0 Å². The fourth-order valence-electron chi connectivity index (χ4n) is 2.30. The lowest BCUT2D eigenvalue weighted by atomic mass is 9.89. The van der Waals surface area contributed by atoms with Gasteiger partial charge in [-0.3, -0.25) is 0 Å². The molecular weight excluding hydrogens is 212 g/mol. The van der Waals surface area contributed by atoms with Crippen molar-refractivity contribution >= 4 is 16.6 Å². The van der Waals surface area contributed by atoms with E-state index in [0.717, 1.165) is 18.7 Å². The zero-order chi connectivity index (χ0) is 11.7. The normalized spacial score (nSPS) is 23.4. The topological polar surface area (TPSA) is 34.1 Å². The van der Waals surface area contributed by atoms with Crippen molar-refractivity contribution in [1.82, 2.24) is 4.98 Å². The van der Waals surface area contributed by atoms with E-state index in [1.807, 2.05) is 18.3 Å². The molecule has 1 N–H and O–H groups in total. The first-order chi connectivity index (χ1) is 8.36. The fraction of sp³-hybridized carbons (Fsp3) is 0.357. The van der Waals surface area contributed by atoms with Gasteiger partial charge in [-0.2, -0.15) is 0 Å². The van der Waals surface area contributed by atoms with Crippen LogP contribution in [0.15, 0.2) is 36.5 Å². The van der Waals surface area contributed by atoms with E-state index >= 15 is 0 Å². The van der Waals surface area contributed by atoms with Gasteiger partial charge in [0.1, 0.15) is 5.82 Å². The number of methoxy groups -OCH3 is 1. The highest BCUT2D eigenvalue weighted by Crippen LogP contribution is 2.28. The smallest absolute Gasteiger partial charge is 0.134 e. The standard InChI is InChI=1S/C14H16N2O/c1-17-12-8-11(9-12)16-14-13-5-3-2-4-10(13)6-7-15-14/h2-7,11-12H,8-9H2,1H3,(H,15,16). The zero-order valence-corrected chi connectivity index (χ0v) is 9.89. The first kappa shape index (κ1) is 10.5. The number of pyridine rings is 1. The molecule has 0 radical (unpaired) electrons. The minimum atomic E-state index is 0.419. The molecule has 0 aliphatic heterocycles. The van der Waals surface area contributed by atoms with Gasteiger partial charge < -0.3 is 10.1 Å².